The van der Waals surface area contributed by atoms with Crippen LogP contribution in [-0.4, -0.2) is 173 Å². The van der Waals surface area contributed by atoms with E-state index in [0.29, 0.717) is 62.4 Å². The molecule has 98 heavy (non-hydrogen) atoms. The number of esters is 2. The third kappa shape index (κ3) is 24.7. The summed E-state index contributed by atoms with van der Waals surface area (Å²) in [6, 6.07) is 12.1. The number of aliphatic hydroxyl groups excluding tert-OH is 3. The Kier molecular flexibility index (Phi) is 32.1. The lowest BCUT2D eigenvalue weighted by atomic mass is 9.78. The number of pyridine rings is 1. The van der Waals surface area contributed by atoms with Gasteiger partial charge in [0.1, 0.15) is 17.2 Å². The number of rotatable bonds is 27. The Balaban J connectivity index is 0.000000434. The second-order valence-electron chi connectivity index (χ2n) is 26.7. The molecule has 7 fully saturated rings. The van der Waals surface area contributed by atoms with Crippen LogP contribution >= 0.6 is 11.3 Å². The molecule has 4 heterocycles. The first-order valence-electron chi connectivity index (χ1n) is 32.4. The highest BCUT2D eigenvalue weighted by Crippen LogP contribution is 2.52. The number of aryl methyl sites for hydroxylation is 1. The van der Waals surface area contributed by atoms with Crippen molar-refractivity contribution in [3.8, 4) is 17.6 Å². The van der Waals surface area contributed by atoms with E-state index in [1.807, 2.05) is 13.8 Å². The molecule has 0 bridgehead atoms. The van der Waals surface area contributed by atoms with Gasteiger partial charge in [0.15, 0.2) is 0 Å². The van der Waals surface area contributed by atoms with Gasteiger partial charge < -0.3 is 59.4 Å². The van der Waals surface area contributed by atoms with Crippen LogP contribution in [0.15, 0.2) is 54.0 Å². The summed E-state index contributed by atoms with van der Waals surface area (Å²) < 4.78 is 90.8. The van der Waals surface area contributed by atoms with Gasteiger partial charge in [0.2, 0.25) is 5.60 Å². The van der Waals surface area contributed by atoms with Crippen LogP contribution in [-0.2, 0) is 59.5 Å². The number of hydrogen-bond acceptors (Lipinski definition) is 20. The fourth-order valence-corrected chi connectivity index (χ4v) is 12.8. The Morgan fingerprint density at radius 2 is 1.22 bits per heavy atom. The van der Waals surface area contributed by atoms with Gasteiger partial charge in [0.25, 0.3) is 21.9 Å². The van der Waals surface area contributed by atoms with E-state index >= 15 is 0 Å². The van der Waals surface area contributed by atoms with Gasteiger partial charge in [0, 0.05) is 101 Å². The molecule has 3 aromatic rings. The fraction of sp³-hybridized carbons (Fsp3) is 0.686. The lowest BCUT2D eigenvalue weighted by molar-refractivity contribution is -0.163. The Morgan fingerprint density at radius 3 is 1.66 bits per heavy atom. The van der Waals surface area contributed by atoms with E-state index in [2.05, 4.69) is 11.1 Å². The number of carboxylic acid groups (broad SMARTS) is 2. The Bertz CT molecular complexity index is 3260. The number of aromatic nitrogens is 1. The van der Waals surface area contributed by atoms with E-state index in [1.165, 1.54) is 16.2 Å². The van der Waals surface area contributed by atoms with Crippen molar-refractivity contribution in [3.63, 3.8) is 0 Å². The van der Waals surface area contributed by atoms with Gasteiger partial charge in [-0.05, 0) is 135 Å². The van der Waals surface area contributed by atoms with Gasteiger partial charge in [-0.3, -0.25) is 37.9 Å². The third-order valence-electron chi connectivity index (χ3n) is 18.7. The number of aliphatic hydroxyl groups is 4. The van der Waals surface area contributed by atoms with Crippen molar-refractivity contribution >= 4 is 57.1 Å². The quantitative estimate of drug-likeness (QED) is 0.0305. The van der Waals surface area contributed by atoms with Gasteiger partial charge in [-0.2, -0.15) is 26.9 Å². The Morgan fingerprint density at radius 1 is 0.714 bits per heavy atom. The van der Waals surface area contributed by atoms with Crippen LogP contribution in [0.5, 0.6) is 11.5 Å². The number of ether oxygens (including phenoxy) is 4. The van der Waals surface area contributed by atoms with Crippen molar-refractivity contribution in [3.05, 3.63) is 75.7 Å². The third-order valence-corrected chi connectivity index (χ3v) is 20.1. The van der Waals surface area contributed by atoms with Crippen LogP contribution in [0.4, 0.5) is 13.2 Å². The summed E-state index contributed by atoms with van der Waals surface area (Å²) in [5, 5.41) is 65.8. The zero-order valence-corrected chi connectivity index (χ0v) is 56.6. The van der Waals surface area contributed by atoms with E-state index < -0.39 is 68.1 Å². The van der Waals surface area contributed by atoms with Gasteiger partial charge in [-0.25, -0.2) is 0 Å². The van der Waals surface area contributed by atoms with Crippen molar-refractivity contribution in [2.24, 2.45) is 27.1 Å². The number of hydrogen-bond donors (Lipinski definition) is 6. The van der Waals surface area contributed by atoms with E-state index in [9.17, 15) is 60.6 Å². The molecule has 2 aliphatic heterocycles. The molecule has 1 aromatic carbocycles. The van der Waals surface area contributed by atoms with Crippen LogP contribution in [0.2, 0.25) is 0 Å². The molecule has 2 aromatic heterocycles. The molecule has 6 N–H and O–H groups in total. The number of halogens is 3. The normalized spacial score (nSPS) is 20.7. The molecule has 2 amide bonds. The van der Waals surface area contributed by atoms with Crippen LogP contribution in [0.1, 0.15) is 204 Å². The average molecular weight is 1430 g/mol. The molecule has 10 rings (SSSR count). The van der Waals surface area contributed by atoms with Gasteiger partial charge in [0.05, 0.1) is 81.6 Å². The number of benzene rings is 1. The molecule has 23 nitrogen and oxygen atoms in total. The standard InChI is InChI=1S/C38H44F3N3O7S.C9H16O5S.C8H14O3.C6H9NO.C6H10O3.3CH4/c1-3-8-30-37(51-26-21-25(2)52-23-26,12-7-18-44(30)33(47)32-28(38(39,40)41)10-6-17-42-32)34(48)43-19-15-36(49,16-20-43)27-9-4-5-11-29(27)50-24-35(13-14-35)22-31(45)46;1-3-13-8(10)6-9(4-5-9)7-14-15(2,11)12;1-2-11-7(10)5-8(6-9)3-4-8;7-4-3-6(5-8)1-2-6;7-4-6(1-2-6)3-5(8)9;;;/h4-6,9-11,17,21,23,30,49H,3,7-8,12-16,18-20,22,24H2,1-2H3,(H,45,46);3-7H2,1-2H3;9H,2-6H2,1H3;8H,1-3,5H2;7H,1-4H2,(H,8,9);3*1H4/t30-,37+;;;;;;;/m1......./s1. The first-order valence-corrected chi connectivity index (χ1v) is 35.1. The maximum absolute atomic E-state index is 14.9. The monoisotopic (exact) mass is 1430 g/mol. The number of nitriles is 1. The molecular weight excluding hydrogens is 1320 g/mol. The minimum absolute atomic E-state index is 0. The van der Waals surface area contributed by atoms with E-state index in [-0.39, 0.29) is 153 Å². The van der Waals surface area contributed by atoms with E-state index in [1.54, 1.807) is 54.5 Å². The summed E-state index contributed by atoms with van der Waals surface area (Å²) in [5.74, 6) is -2.54. The largest absolute Gasteiger partial charge is 0.493 e. The van der Waals surface area contributed by atoms with Crippen molar-refractivity contribution in [1.29, 1.82) is 5.26 Å². The number of piperidine rings is 2. The molecule has 0 unspecified atom stereocenters. The number of carbonyl (C=O) groups is 6. The molecule has 2 atom stereocenters. The molecule has 5 aliphatic carbocycles. The Labute approximate surface area is 579 Å². The number of amides is 2. The van der Waals surface area contributed by atoms with Crippen LogP contribution in [0.3, 0.4) is 0 Å². The first-order chi connectivity index (χ1) is 44.8. The molecule has 7 aliphatic rings. The maximum atomic E-state index is 14.9. The number of carboxylic acids is 2. The number of thiophene rings is 1. The average Bonchev–Trinajstić information content (AvgIpc) is 1.37. The highest BCUT2D eigenvalue weighted by atomic mass is 32.2. The zero-order valence-electron chi connectivity index (χ0n) is 54.9. The molecular formula is C70H105F3N4O19S2. The van der Waals surface area contributed by atoms with Crippen LogP contribution in [0, 0.1) is 45.3 Å². The fourth-order valence-electron chi connectivity index (χ4n) is 11.7. The number of aliphatic carboxylic acids is 2. The first kappa shape index (κ1) is 85.7. The predicted octanol–water partition coefficient (Wildman–Crippen LogP) is 11.1. The lowest BCUT2D eigenvalue weighted by Crippen LogP contribution is -2.68. The summed E-state index contributed by atoms with van der Waals surface area (Å²) in [5.41, 5.74) is -5.26. The second-order valence-corrected chi connectivity index (χ2v) is 29.4. The molecule has 0 radical (unpaired) electrons. The van der Waals surface area contributed by atoms with E-state index in [4.69, 9.17) is 48.8 Å². The molecule has 28 heteroatoms. The minimum Gasteiger partial charge on any atom is -0.493 e. The lowest BCUT2D eigenvalue weighted by Gasteiger charge is -2.51. The van der Waals surface area contributed by atoms with Crippen molar-refractivity contribution in [2.75, 3.05) is 72.1 Å². The number of likely N-dealkylation sites (tertiary alicyclic amines) is 2. The summed E-state index contributed by atoms with van der Waals surface area (Å²) >= 11 is 1.43. The van der Waals surface area contributed by atoms with Crippen molar-refractivity contribution in [1.82, 2.24) is 14.8 Å². The number of alkyl halides is 3. The summed E-state index contributed by atoms with van der Waals surface area (Å²) in [4.78, 5) is 80.4. The summed E-state index contributed by atoms with van der Waals surface area (Å²) in [6.07, 6.45) is 9.24. The summed E-state index contributed by atoms with van der Waals surface area (Å²) in [6.45, 7) is 9.15. The molecule has 552 valence electrons. The van der Waals surface area contributed by atoms with Gasteiger partial charge in [-0.15, -0.1) is 11.3 Å². The number of carbonyl (C=O) groups excluding carboxylic acids is 4. The highest BCUT2D eigenvalue weighted by molar-refractivity contribution is 7.86. The zero-order chi connectivity index (χ0) is 70.1. The highest BCUT2D eigenvalue weighted by Gasteiger charge is 2.57. The smallest absolute Gasteiger partial charge is 0.418 e. The van der Waals surface area contributed by atoms with Crippen molar-refractivity contribution < 1.29 is 104 Å². The molecule has 0 spiro atoms. The molecule has 5 saturated carbocycles. The van der Waals surface area contributed by atoms with Gasteiger partial charge >= 0.3 is 30.1 Å². The molecule has 2 saturated heterocycles. The number of nitrogens with zero attached hydrogens (tertiary/aromatic N) is 4. The SMILES string of the molecule is C.C.C.CCC[C@H]1N(C(=O)c2ncccc2C(F)(F)F)CCC[C@@]1(Oc1csc(C)c1)C(=O)N1CCC(O)(c2ccccc2OCC2(CC(=O)O)CC2)CC1.CCOC(=O)CC1(CO)CC1.CCOC(=O)CC1(COS(C)(=O)=O)CC1.N#CCC1(CO)CC1.O=C(O)CC1(CO)CC1. The van der Waals surface area contributed by atoms with E-state index in [0.717, 1.165) is 93.7 Å². The van der Waals surface area contributed by atoms with Crippen molar-refractivity contribution in [2.45, 2.75) is 208 Å². The number of para-hydroxylation sites is 1. The van der Waals surface area contributed by atoms with Crippen LogP contribution in [0.25, 0.3) is 0 Å². The minimum atomic E-state index is -4.81. The summed E-state index contributed by atoms with van der Waals surface area (Å²) in [7, 11) is -3.42. The maximum Gasteiger partial charge on any atom is 0.418 e. The predicted molar refractivity (Wildman–Crippen MR) is 360 cm³/mol. The second kappa shape index (κ2) is 36.7. The van der Waals surface area contributed by atoms with Crippen LogP contribution < -0.4 is 9.47 Å². The topological polar surface area (TPSA) is 347 Å². The van der Waals surface area contributed by atoms with Gasteiger partial charge in [-0.1, -0.05) is 53.8 Å². The Hall–Kier alpha value is -6.48.